The van der Waals surface area contributed by atoms with E-state index in [1.807, 2.05) is 30.3 Å². The largest absolute Gasteiger partial charge is 0.384 e. The second kappa shape index (κ2) is 7.98. The van der Waals surface area contributed by atoms with Crippen LogP contribution in [0, 0.1) is 5.92 Å². The van der Waals surface area contributed by atoms with Crippen LogP contribution in [0.5, 0.6) is 0 Å². The minimum atomic E-state index is -0.979. The van der Waals surface area contributed by atoms with E-state index < -0.39 is 5.60 Å². The number of guanidine groups is 1. The van der Waals surface area contributed by atoms with E-state index in [4.69, 9.17) is 5.73 Å². The lowest BCUT2D eigenvalue weighted by Crippen LogP contribution is -2.44. The van der Waals surface area contributed by atoms with Crippen LogP contribution in [0.4, 0.5) is 0 Å². The van der Waals surface area contributed by atoms with Crippen LogP contribution < -0.4 is 5.73 Å². The summed E-state index contributed by atoms with van der Waals surface area (Å²) in [7, 11) is 0. The summed E-state index contributed by atoms with van der Waals surface area (Å²) in [4.78, 5) is 6.52. The average molecular weight is 403 g/mol. The first-order valence-corrected chi connectivity index (χ1v) is 7.32. The SMILES string of the molecule is CC1CCCN(C(N)=NCC(C)(O)c2ccccc2)C1.I. The molecule has 1 saturated heterocycles. The lowest BCUT2D eigenvalue weighted by molar-refractivity contribution is 0.0669. The number of rotatable bonds is 3. The summed E-state index contributed by atoms with van der Waals surface area (Å²) in [6.07, 6.45) is 2.41. The molecule has 118 valence electrons. The van der Waals surface area contributed by atoms with Crippen molar-refractivity contribution in [3.63, 3.8) is 0 Å². The van der Waals surface area contributed by atoms with E-state index >= 15 is 0 Å². The first-order valence-electron chi connectivity index (χ1n) is 7.32. The van der Waals surface area contributed by atoms with Crippen LogP contribution in [0.3, 0.4) is 0 Å². The quantitative estimate of drug-likeness (QED) is 0.463. The third kappa shape index (κ3) is 5.14. The minimum absolute atomic E-state index is 0. The van der Waals surface area contributed by atoms with Crippen LogP contribution in [0.2, 0.25) is 0 Å². The summed E-state index contributed by atoms with van der Waals surface area (Å²) in [5.41, 5.74) is 5.95. The Kier molecular flexibility index (Phi) is 6.93. The zero-order valence-corrected chi connectivity index (χ0v) is 15.2. The van der Waals surface area contributed by atoms with Gasteiger partial charge in [-0.2, -0.15) is 0 Å². The Bertz CT molecular complexity index is 462. The minimum Gasteiger partial charge on any atom is -0.384 e. The van der Waals surface area contributed by atoms with Crippen LogP contribution in [0.15, 0.2) is 35.3 Å². The molecule has 0 radical (unpaired) electrons. The topological polar surface area (TPSA) is 61.8 Å². The predicted molar refractivity (Wildman–Crippen MR) is 97.9 cm³/mol. The molecule has 1 heterocycles. The van der Waals surface area contributed by atoms with Crippen molar-refractivity contribution in [2.75, 3.05) is 19.6 Å². The van der Waals surface area contributed by atoms with E-state index in [0.717, 1.165) is 25.1 Å². The van der Waals surface area contributed by atoms with E-state index in [-0.39, 0.29) is 30.5 Å². The highest BCUT2D eigenvalue weighted by atomic mass is 127. The maximum atomic E-state index is 10.5. The van der Waals surface area contributed by atoms with Gasteiger partial charge in [0.25, 0.3) is 0 Å². The van der Waals surface area contributed by atoms with Gasteiger partial charge in [-0.3, -0.25) is 0 Å². The molecule has 1 aliphatic heterocycles. The normalized spacial score (nSPS) is 22.3. The van der Waals surface area contributed by atoms with Crippen molar-refractivity contribution >= 4 is 29.9 Å². The van der Waals surface area contributed by atoms with E-state index in [2.05, 4.69) is 16.8 Å². The van der Waals surface area contributed by atoms with Gasteiger partial charge in [0.2, 0.25) is 0 Å². The van der Waals surface area contributed by atoms with Crippen LogP contribution in [-0.2, 0) is 5.60 Å². The Morgan fingerprint density at radius 3 is 2.71 bits per heavy atom. The molecule has 3 N–H and O–H groups in total. The van der Waals surface area contributed by atoms with E-state index in [9.17, 15) is 5.11 Å². The maximum Gasteiger partial charge on any atom is 0.191 e. The highest BCUT2D eigenvalue weighted by Crippen LogP contribution is 2.21. The van der Waals surface area contributed by atoms with Crippen LogP contribution in [0.25, 0.3) is 0 Å². The summed E-state index contributed by atoms with van der Waals surface area (Å²) >= 11 is 0. The van der Waals surface area contributed by atoms with Gasteiger partial charge in [0.05, 0.1) is 6.54 Å². The number of nitrogens with zero attached hydrogens (tertiary/aromatic N) is 2. The van der Waals surface area contributed by atoms with Crippen molar-refractivity contribution in [3.8, 4) is 0 Å². The molecule has 2 rings (SSSR count). The fraction of sp³-hybridized carbons (Fsp3) is 0.562. The fourth-order valence-electron chi connectivity index (χ4n) is 2.62. The van der Waals surface area contributed by atoms with Gasteiger partial charge in [-0.1, -0.05) is 37.3 Å². The molecule has 0 aliphatic carbocycles. The molecule has 2 unspecified atom stereocenters. The molecule has 1 aromatic carbocycles. The number of halogens is 1. The molecule has 1 aromatic rings. The Labute approximate surface area is 144 Å². The summed E-state index contributed by atoms with van der Waals surface area (Å²) in [5.74, 6) is 1.21. The van der Waals surface area contributed by atoms with Gasteiger partial charge >= 0.3 is 0 Å². The van der Waals surface area contributed by atoms with E-state index in [1.165, 1.54) is 6.42 Å². The van der Waals surface area contributed by atoms with Crippen molar-refractivity contribution in [2.45, 2.75) is 32.3 Å². The number of likely N-dealkylation sites (tertiary alicyclic amines) is 1. The summed E-state index contributed by atoms with van der Waals surface area (Å²) in [5, 5.41) is 10.5. The Balaban J connectivity index is 0.00000220. The number of nitrogens with two attached hydrogens (primary N) is 1. The van der Waals surface area contributed by atoms with Crippen LogP contribution in [0.1, 0.15) is 32.3 Å². The lowest BCUT2D eigenvalue weighted by atomic mass is 9.96. The average Bonchev–Trinajstić information content (AvgIpc) is 2.46. The van der Waals surface area contributed by atoms with E-state index in [0.29, 0.717) is 11.9 Å². The summed E-state index contributed by atoms with van der Waals surface area (Å²) in [6.45, 7) is 6.22. The van der Waals surface area contributed by atoms with Crippen molar-refractivity contribution < 1.29 is 5.11 Å². The van der Waals surface area contributed by atoms with Crippen molar-refractivity contribution in [2.24, 2.45) is 16.6 Å². The maximum absolute atomic E-state index is 10.5. The number of benzene rings is 1. The third-order valence-corrected chi connectivity index (χ3v) is 3.93. The number of piperidine rings is 1. The number of hydrogen-bond donors (Lipinski definition) is 2. The molecule has 0 saturated carbocycles. The molecule has 0 amide bonds. The molecule has 2 atom stereocenters. The van der Waals surface area contributed by atoms with Crippen molar-refractivity contribution in [1.82, 2.24) is 4.90 Å². The highest BCUT2D eigenvalue weighted by molar-refractivity contribution is 14.0. The smallest absolute Gasteiger partial charge is 0.191 e. The van der Waals surface area contributed by atoms with Gasteiger partial charge in [0.15, 0.2) is 5.96 Å². The third-order valence-electron chi connectivity index (χ3n) is 3.93. The van der Waals surface area contributed by atoms with Crippen molar-refractivity contribution in [1.29, 1.82) is 0 Å². The molecular weight excluding hydrogens is 377 g/mol. The Morgan fingerprint density at radius 1 is 1.43 bits per heavy atom. The van der Waals surface area contributed by atoms with Gasteiger partial charge in [0.1, 0.15) is 5.60 Å². The molecular formula is C16H26IN3O. The fourth-order valence-corrected chi connectivity index (χ4v) is 2.62. The zero-order valence-electron chi connectivity index (χ0n) is 12.8. The number of aliphatic imine (C=N–C) groups is 1. The summed E-state index contributed by atoms with van der Waals surface area (Å²) < 4.78 is 0. The van der Waals surface area contributed by atoms with Crippen LogP contribution in [-0.4, -0.2) is 35.6 Å². The lowest BCUT2D eigenvalue weighted by Gasteiger charge is -2.32. The van der Waals surface area contributed by atoms with Gasteiger partial charge < -0.3 is 15.7 Å². The molecule has 1 aliphatic rings. The molecule has 5 heteroatoms. The first-order chi connectivity index (χ1) is 9.49. The molecule has 0 spiro atoms. The molecule has 0 aromatic heterocycles. The number of aliphatic hydroxyl groups is 1. The standard InChI is InChI=1S/C16H25N3O.HI/c1-13-7-6-10-19(11-13)15(17)18-12-16(2,20)14-8-4-3-5-9-14;/h3-5,8-9,13,20H,6-7,10-12H2,1-2H3,(H2,17,18);1H. The summed E-state index contributed by atoms with van der Waals surface area (Å²) in [6, 6.07) is 9.60. The Morgan fingerprint density at radius 2 is 2.10 bits per heavy atom. The Hall–Kier alpha value is -0.820. The van der Waals surface area contributed by atoms with E-state index in [1.54, 1.807) is 6.92 Å². The molecule has 0 bridgehead atoms. The second-order valence-corrected chi connectivity index (χ2v) is 6.01. The van der Waals surface area contributed by atoms with Gasteiger partial charge in [-0.15, -0.1) is 24.0 Å². The van der Waals surface area contributed by atoms with Gasteiger partial charge in [-0.25, -0.2) is 4.99 Å². The van der Waals surface area contributed by atoms with Gasteiger partial charge in [-0.05, 0) is 31.2 Å². The predicted octanol–water partition coefficient (Wildman–Crippen LogP) is 2.56. The molecule has 1 fully saturated rings. The zero-order chi connectivity index (χ0) is 14.6. The van der Waals surface area contributed by atoms with Gasteiger partial charge in [0, 0.05) is 13.1 Å². The highest BCUT2D eigenvalue weighted by Gasteiger charge is 2.23. The number of hydrogen-bond acceptors (Lipinski definition) is 2. The monoisotopic (exact) mass is 403 g/mol. The molecule has 4 nitrogen and oxygen atoms in total. The van der Waals surface area contributed by atoms with Crippen molar-refractivity contribution in [3.05, 3.63) is 35.9 Å². The first kappa shape index (κ1) is 18.2. The second-order valence-electron chi connectivity index (χ2n) is 6.01. The molecule has 21 heavy (non-hydrogen) atoms. The van der Waals surface area contributed by atoms with Crippen LogP contribution >= 0.6 is 24.0 Å².